The van der Waals surface area contributed by atoms with Crippen LogP contribution in [-0.2, 0) is 0 Å². The van der Waals surface area contributed by atoms with Gasteiger partial charge in [-0.1, -0.05) is 17.0 Å². The molecule has 80 valence electrons. The maximum atomic E-state index is 10.6. The maximum absolute atomic E-state index is 10.6. The van der Waals surface area contributed by atoms with E-state index in [1.54, 1.807) is 13.0 Å². The van der Waals surface area contributed by atoms with E-state index in [4.69, 9.17) is 5.53 Å². The summed E-state index contributed by atoms with van der Waals surface area (Å²) < 4.78 is 0. The second-order valence-electron chi connectivity index (χ2n) is 3.01. The molecule has 1 aromatic rings. The number of nitro groups is 1. The van der Waals surface area contributed by atoms with Crippen molar-refractivity contribution in [2.75, 3.05) is 6.54 Å². The van der Waals surface area contributed by atoms with Gasteiger partial charge in [0.15, 0.2) is 0 Å². The number of hydrogen-bond acceptors (Lipinski definition) is 3. The zero-order valence-corrected chi connectivity index (χ0v) is 8.54. The van der Waals surface area contributed by atoms with E-state index >= 15 is 0 Å². The fraction of sp³-hybridized carbons (Fsp3) is 0.200. The lowest BCUT2D eigenvalue weighted by Gasteiger charge is -1.95. The molecule has 16 heavy (non-hydrogen) atoms. The molecule has 1 rings (SSSR count). The van der Waals surface area contributed by atoms with Crippen LogP contribution in [0.3, 0.4) is 0 Å². The van der Waals surface area contributed by atoms with Crippen LogP contribution in [0.2, 0.25) is 0 Å². The first kappa shape index (κ1) is 11.6. The summed E-state index contributed by atoms with van der Waals surface area (Å²) in [6.07, 6.45) is 0. The lowest BCUT2D eigenvalue weighted by atomic mass is 10.1. The predicted molar refractivity (Wildman–Crippen MR) is 58.7 cm³/mol. The summed E-state index contributed by atoms with van der Waals surface area (Å²) in [5.41, 5.74) is 9.34. The zero-order valence-electron chi connectivity index (χ0n) is 8.54. The van der Waals surface area contributed by atoms with Gasteiger partial charge >= 0.3 is 0 Å². The lowest BCUT2D eigenvalue weighted by molar-refractivity contribution is -0.384. The molecule has 0 atom stereocenters. The Bertz CT molecular complexity index is 521. The molecule has 0 saturated heterocycles. The van der Waals surface area contributed by atoms with Crippen molar-refractivity contribution in [3.8, 4) is 11.8 Å². The second kappa shape index (κ2) is 5.39. The van der Waals surface area contributed by atoms with Crippen molar-refractivity contribution in [1.82, 2.24) is 0 Å². The Labute approximate surface area is 91.7 Å². The van der Waals surface area contributed by atoms with Crippen LogP contribution in [0.1, 0.15) is 11.1 Å². The molecule has 0 fully saturated rings. The van der Waals surface area contributed by atoms with Crippen molar-refractivity contribution in [2.24, 2.45) is 5.11 Å². The summed E-state index contributed by atoms with van der Waals surface area (Å²) in [6, 6.07) is 4.59. The van der Waals surface area contributed by atoms with Gasteiger partial charge in [0.1, 0.15) is 0 Å². The Kier molecular flexibility index (Phi) is 3.90. The molecule has 0 radical (unpaired) electrons. The molecule has 6 nitrogen and oxygen atoms in total. The zero-order chi connectivity index (χ0) is 12.0. The molecule has 0 aliphatic carbocycles. The number of nitro benzene ring substituents is 1. The number of nitrogens with zero attached hydrogens (tertiary/aromatic N) is 4. The Morgan fingerprint density at radius 2 is 2.31 bits per heavy atom. The molecule has 0 saturated carbocycles. The van der Waals surface area contributed by atoms with Gasteiger partial charge < -0.3 is 0 Å². The van der Waals surface area contributed by atoms with Gasteiger partial charge in [-0.05, 0) is 24.1 Å². The Morgan fingerprint density at radius 1 is 1.56 bits per heavy atom. The van der Waals surface area contributed by atoms with Gasteiger partial charge in [0, 0.05) is 22.6 Å². The monoisotopic (exact) mass is 216 g/mol. The van der Waals surface area contributed by atoms with Crippen LogP contribution in [0.5, 0.6) is 0 Å². The average Bonchev–Trinajstić information content (AvgIpc) is 2.23. The van der Waals surface area contributed by atoms with Gasteiger partial charge in [0.25, 0.3) is 5.69 Å². The molecule has 0 spiro atoms. The van der Waals surface area contributed by atoms with Crippen LogP contribution in [0.25, 0.3) is 10.4 Å². The third-order valence-electron chi connectivity index (χ3n) is 1.72. The van der Waals surface area contributed by atoms with E-state index in [2.05, 4.69) is 21.9 Å². The highest BCUT2D eigenvalue weighted by Crippen LogP contribution is 2.15. The Balaban J connectivity index is 2.99. The smallest absolute Gasteiger partial charge is 0.258 e. The minimum Gasteiger partial charge on any atom is -0.258 e. The number of aryl methyl sites for hydroxylation is 1. The highest BCUT2D eigenvalue weighted by atomic mass is 16.6. The molecular weight excluding hydrogens is 208 g/mol. The Hall–Kier alpha value is -2.51. The molecule has 1 aromatic carbocycles. The molecule has 0 aliphatic heterocycles. The predicted octanol–water partition coefficient (Wildman–Crippen LogP) is 2.57. The highest BCUT2D eigenvalue weighted by molar-refractivity contribution is 5.46. The largest absolute Gasteiger partial charge is 0.270 e. The summed E-state index contributed by atoms with van der Waals surface area (Å²) in [7, 11) is 0. The van der Waals surface area contributed by atoms with Crippen LogP contribution in [0, 0.1) is 28.9 Å². The molecule has 0 unspecified atom stereocenters. The van der Waals surface area contributed by atoms with E-state index in [0.717, 1.165) is 5.56 Å². The SMILES string of the molecule is Cc1cc(C#CCN=[N+]=[N-])cc([N+](=O)[O-])c1. The third-order valence-corrected chi connectivity index (χ3v) is 1.72. The van der Waals surface area contributed by atoms with E-state index in [1.165, 1.54) is 12.1 Å². The summed E-state index contributed by atoms with van der Waals surface area (Å²) in [6.45, 7) is 1.81. The fourth-order valence-electron chi connectivity index (χ4n) is 1.15. The number of azide groups is 1. The van der Waals surface area contributed by atoms with E-state index in [0.29, 0.717) is 5.56 Å². The van der Waals surface area contributed by atoms with E-state index in [9.17, 15) is 10.1 Å². The lowest BCUT2D eigenvalue weighted by Crippen LogP contribution is -1.90. The van der Waals surface area contributed by atoms with Gasteiger partial charge in [-0.15, -0.1) is 0 Å². The van der Waals surface area contributed by atoms with Gasteiger partial charge in [0.2, 0.25) is 0 Å². The van der Waals surface area contributed by atoms with Crippen LogP contribution < -0.4 is 0 Å². The number of hydrogen-bond donors (Lipinski definition) is 0. The highest BCUT2D eigenvalue weighted by Gasteiger charge is 2.06. The molecule has 0 N–H and O–H groups in total. The van der Waals surface area contributed by atoms with Crippen LogP contribution >= 0.6 is 0 Å². The normalized spacial score (nSPS) is 8.56. The number of rotatable bonds is 2. The average molecular weight is 216 g/mol. The van der Waals surface area contributed by atoms with Crippen LogP contribution in [-0.4, -0.2) is 11.5 Å². The first-order chi connectivity index (χ1) is 7.63. The fourth-order valence-corrected chi connectivity index (χ4v) is 1.15. The number of non-ortho nitro benzene ring substituents is 1. The summed E-state index contributed by atoms with van der Waals surface area (Å²) in [5, 5.41) is 13.8. The second-order valence-corrected chi connectivity index (χ2v) is 3.01. The van der Waals surface area contributed by atoms with E-state index < -0.39 is 4.92 Å². The maximum Gasteiger partial charge on any atom is 0.270 e. The van der Waals surface area contributed by atoms with Crippen molar-refractivity contribution in [3.05, 3.63) is 49.9 Å². The van der Waals surface area contributed by atoms with Gasteiger partial charge in [-0.2, -0.15) is 0 Å². The van der Waals surface area contributed by atoms with Crippen LogP contribution in [0.4, 0.5) is 5.69 Å². The van der Waals surface area contributed by atoms with Gasteiger partial charge in [-0.3, -0.25) is 10.1 Å². The van der Waals surface area contributed by atoms with Gasteiger partial charge in [-0.25, -0.2) is 0 Å². The molecular formula is C10H8N4O2. The minimum absolute atomic E-state index is 0.00749. The molecule has 0 aromatic heterocycles. The quantitative estimate of drug-likeness (QED) is 0.190. The van der Waals surface area contributed by atoms with Gasteiger partial charge in [0.05, 0.1) is 11.5 Å². The van der Waals surface area contributed by atoms with E-state index in [1.807, 2.05) is 0 Å². The summed E-state index contributed by atoms with van der Waals surface area (Å²) >= 11 is 0. The van der Waals surface area contributed by atoms with Crippen molar-refractivity contribution in [1.29, 1.82) is 0 Å². The van der Waals surface area contributed by atoms with Crippen molar-refractivity contribution in [3.63, 3.8) is 0 Å². The van der Waals surface area contributed by atoms with E-state index in [-0.39, 0.29) is 12.2 Å². The first-order valence-corrected chi connectivity index (χ1v) is 4.39. The van der Waals surface area contributed by atoms with Crippen molar-refractivity contribution >= 4 is 5.69 Å². The molecule has 0 bridgehead atoms. The minimum atomic E-state index is -0.467. The molecule has 6 heteroatoms. The topological polar surface area (TPSA) is 91.9 Å². The number of benzene rings is 1. The summed E-state index contributed by atoms with van der Waals surface area (Å²) in [4.78, 5) is 12.7. The van der Waals surface area contributed by atoms with Crippen LogP contribution in [0.15, 0.2) is 23.3 Å². The summed E-state index contributed by atoms with van der Waals surface area (Å²) in [5.74, 6) is 5.30. The third kappa shape index (κ3) is 3.33. The first-order valence-electron chi connectivity index (χ1n) is 4.39. The molecule has 0 aliphatic rings. The molecule has 0 amide bonds. The Morgan fingerprint density at radius 3 is 2.94 bits per heavy atom. The van der Waals surface area contributed by atoms with Crippen molar-refractivity contribution < 1.29 is 4.92 Å². The van der Waals surface area contributed by atoms with Crippen molar-refractivity contribution in [2.45, 2.75) is 6.92 Å². The molecule has 0 heterocycles. The standard InChI is InChI=1S/C10H8N4O2/c1-8-5-9(3-2-4-12-13-11)7-10(6-8)14(15)16/h5-7H,4H2,1H3.